The lowest BCUT2D eigenvalue weighted by Gasteiger charge is -2.51. The zero-order valence-electron chi connectivity index (χ0n) is 9.78. The van der Waals surface area contributed by atoms with Gasteiger partial charge in [-0.1, -0.05) is 6.42 Å². The van der Waals surface area contributed by atoms with Crippen LogP contribution in [0.25, 0.3) is 0 Å². The van der Waals surface area contributed by atoms with Crippen LogP contribution < -0.4 is 0 Å². The third kappa shape index (κ3) is 2.16. The number of hydrogen-bond acceptors (Lipinski definition) is 4. The van der Waals surface area contributed by atoms with E-state index < -0.39 is 17.2 Å². The maximum Gasteiger partial charge on any atom is 0.308 e. The Morgan fingerprint density at radius 2 is 2.00 bits per heavy atom. The average molecular weight is 242 g/mol. The number of carboxylic acid groups (broad SMARTS) is 1. The summed E-state index contributed by atoms with van der Waals surface area (Å²) in [6.07, 6.45) is 4.16. The normalized spacial score (nSPS) is 37.1. The topological polar surface area (TPSA) is 83.8 Å². The highest BCUT2D eigenvalue weighted by Crippen LogP contribution is 2.53. The monoisotopic (exact) mass is 242 g/mol. The van der Waals surface area contributed by atoms with Crippen LogP contribution in [0, 0.1) is 5.41 Å². The molecule has 17 heavy (non-hydrogen) atoms. The van der Waals surface area contributed by atoms with Gasteiger partial charge in [0.05, 0.1) is 0 Å². The first-order valence-corrected chi connectivity index (χ1v) is 6.14. The second-order valence-corrected chi connectivity index (χ2v) is 5.14. The summed E-state index contributed by atoms with van der Waals surface area (Å²) in [5, 5.41) is 19.3. The fraction of sp³-hybridized carbons (Fsp3) is 0.833. The van der Waals surface area contributed by atoms with Crippen molar-refractivity contribution in [2.24, 2.45) is 5.41 Å². The summed E-state index contributed by atoms with van der Waals surface area (Å²) in [5.74, 6) is -2.68. The molecular weight excluding hydrogens is 224 g/mol. The van der Waals surface area contributed by atoms with Gasteiger partial charge in [0, 0.05) is 24.7 Å². The Morgan fingerprint density at radius 1 is 1.29 bits per heavy atom. The molecule has 0 radical (unpaired) electrons. The van der Waals surface area contributed by atoms with Gasteiger partial charge < -0.3 is 14.9 Å². The highest BCUT2D eigenvalue weighted by molar-refractivity contribution is 5.71. The molecular formula is C12H18O5. The fourth-order valence-corrected chi connectivity index (χ4v) is 3.14. The lowest BCUT2D eigenvalue weighted by atomic mass is 9.63. The van der Waals surface area contributed by atoms with E-state index in [2.05, 4.69) is 0 Å². The standard InChI is InChI=1S/C12H18O5/c13-9(14)3-7-11-5-1-2-6-12(11,16)17-10(15)4-8-11/h16H,1-8H2,(H,13,14)/t11-,12+/m0/s1. The van der Waals surface area contributed by atoms with Gasteiger partial charge in [-0.3, -0.25) is 9.59 Å². The maximum atomic E-state index is 11.3. The van der Waals surface area contributed by atoms with Crippen molar-refractivity contribution in [1.82, 2.24) is 0 Å². The average Bonchev–Trinajstić information content (AvgIpc) is 2.26. The minimum atomic E-state index is -1.43. The van der Waals surface area contributed by atoms with E-state index in [1.165, 1.54) is 0 Å². The highest BCUT2D eigenvalue weighted by Gasteiger charge is 2.56. The van der Waals surface area contributed by atoms with E-state index in [0.29, 0.717) is 19.3 Å². The van der Waals surface area contributed by atoms with Gasteiger partial charge in [-0.05, 0) is 25.7 Å². The van der Waals surface area contributed by atoms with Crippen LogP contribution in [0.2, 0.25) is 0 Å². The van der Waals surface area contributed by atoms with Crippen molar-refractivity contribution in [2.45, 2.75) is 57.2 Å². The van der Waals surface area contributed by atoms with Crippen LogP contribution in [0.4, 0.5) is 0 Å². The zero-order chi connectivity index (χ0) is 12.5. The van der Waals surface area contributed by atoms with Gasteiger partial charge in [-0.25, -0.2) is 0 Å². The van der Waals surface area contributed by atoms with E-state index in [1.54, 1.807) is 0 Å². The van der Waals surface area contributed by atoms with E-state index in [0.717, 1.165) is 19.3 Å². The molecule has 2 atom stereocenters. The Labute approximate surface area is 99.8 Å². The Hall–Kier alpha value is -1.10. The van der Waals surface area contributed by atoms with Crippen molar-refractivity contribution < 1.29 is 24.5 Å². The fourth-order valence-electron chi connectivity index (χ4n) is 3.14. The largest absolute Gasteiger partial charge is 0.481 e. The third-order valence-corrected chi connectivity index (χ3v) is 4.16. The van der Waals surface area contributed by atoms with Gasteiger partial charge in [0.1, 0.15) is 0 Å². The van der Waals surface area contributed by atoms with Crippen LogP contribution in [-0.4, -0.2) is 27.9 Å². The molecule has 5 nitrogen and oxygen atoms in total. The number of carbonyl (C=O) groups excluding carboxylic acids is 1. The number of ether oxygens (including phenoxy) is 1. The van der Waals surface area contributed by atoms with Crippen molar-refractivity contribution in [3.05, 3.63) is 0 Å². The molecule has 0 bridgehead atoms. The highest BCUT2D eigenvalue weighted by atomic mass is 16.7. The molecule has 0 amide bonds. The number of carbonyl (C=O) groups is 2. The van der Waals surface area contributed by atoms with E-state index in [4.69, 9.17) is 9.84 Å². The van der Waals surface area contributed by atoms with Crippen molar-refractivity contribution in [2.75, 3.05) is 0 Å². The number of carboxylic acids is 1. The number of rotatable bonds is 3. The molecule has 0 spiro atoms. The van der Waals surface area contributed by atoms with Crippen LogP contribution in [0.5, 0.6) is 0 Å². The second-order valence-electron chi connectivity index (χ2n) is 5.14. The van der Waals surface area contributed by atoms with E-state index in [1.807, 2.05) is 0 Å². The molecule has 1 aliphatic carbocycles. The van der Waals surface area contributed by atoms with E-state index in [-0.39, 0.29) is 18.8 Å². The summed E-state index contributed by atoms with van der Waals surface area (Å²) in [7, 11) is 0. The van der Waals surface area contributed by atoms with E-state index in [9.17, 15) is 14.7 Å². The summed E-state index contributed by atoms with van der Waals surface area (Å²) < 4.78 is 5.14. The third-order valence-electron chi connectivity index (χ3n) is 4.16. The minimum absolute atomic E-state index is 0.0138. The van der Waals surface area contributed by atoms with Crippen molar-refractivity contribution in [3.63, 3.8) is 0 Å². The first kappa shape index (κ1) is 12.4. The lowest BCUT2D eigenvalue weighted by Crippen LogP contribution is -2.56. The molecule has 0 aromatic heterocycles. The molecule has 1 saturated heterocycles. The number of hydrogen-bond donors (Lipinski definition) is 2. The van der Waals surface area contributed by atoms with Crippen LogP contribution in [0.3, 0.4) is 0 Å². The molecule has 1 saturated carbocycles. The number of aliphatic hydroxyl groups is 1. The summed E-state index contributed by atoms with van der Waals surface area (Å²) in [6.45, 7) is 0. The number of esters is 1. The molecule has 2 aliphatic rings. The maximum absolute atomic E-state index is 11.3. The first-order chi connectivity index (χ1) is 7.97. The molecule has 2 fully saturated rings. The smallest absolute Gasteiger partial charge is 0.308 e. The molecule has 5 heteroatoms. The summed E-state index contributed by atoms with van der Waals surface area (Å²) in [4.78, 5) is 22.0. The summed E-state index contributed by atoms with van der Waals surface area (Å²) in [6, 6.07) is 0. The molecule has 1 aliphatic heterocycles. The van der Waals surface area contributed by atoms with Gasteiger partial charge in [-0.15, -0.1) is 0 Å². The van der Waals surface area contributed by atoms with Gasteiger partial charge in [-0.2, -0.15) is 0 Å². The quantitative estimate of drug-likeness (QED) is 0.731. The van der Waals surface area contributed by atoms with Crippen molar-refractivity contribution >= 4 is 11.9 Å². The number of aliphatic carboxylic acids is 1. The van der Waals surface area contributed by atoms with Gasteiger partial charge >= 0.3 is 11.9 Å². The van der Waals surface area contributed by atoms with Gasteiger partial charge in [0.15, 0.2) is 0 Å². The zero-order valence-corrected chi connectivity index (χ0v) is 9.78. The lowest BCUT2D eigenvalue weighted by molar-refractivity contribution is -0.294. The van der Waals surface area contributed by atoms with Gasteiger partial charge in [0.2, 0.25) is 5.79 Å². The first-order valence-electron chi connectivity index (χ1n) is 6.14. The molecule has 0 aromatic rings. The molecule has 96 valence electrons. The summed E-state index contributed by atoms with van der Waals surface area (Å²) >= 11 is 0. The molecule has 1 heterocycles. The second kappa shape index (κ2) is 4.29. The molecule has 0 aromatic carbocycles. The van der Waals surface area contributed by atoms with Crippen LogP contribution in [-0.2, 0) is 14.3 Å². The number of fused-ring (bicyclic) bond motifs is 1. The predicted molar refractivity (Wildman–Crippen MR) is 58.0 cm³/mol. The molecule has 2 rings (SSSR count). The van der Waals surface area contributed by atoms with Crippen LogP contribution in [0.15, 0.2) is 0 Å². The Balaban J connectivity index is 2.19. The van der Waals surface area contributed by atoms with Crippen LogP contribution in [0.1, 0.15) is 51.4 Å². The van der Waals surface area contributed by atoms with Crippen molar-refractivity contribution in [3.8, 4) is 0 Å². The SMILES string of the molecule is O=C(O)CC[C@]12CCCC[C@@]1(O)OC(=O)CC2. The summed E-state index contributed by atoms with van der Waals surface area (Å²) in [5.41, 5.74) is -0.544. The Morgan fingerprint density at radius 3 is 2.71 bits per heavy atom. The van der Waals surface area contributed by atoms with Crippen molar-refractivity contribution in [1.29, 1.82) is 0 Å². The van der Waals surface area contributed by atoms with E-state index >= 15 is 0 Å². The Kier molecular flexibility index (Phi) is 3.12. The van der Waals surface area contributed by atoms with Crippen LogP contribution >= 0.6 is 0 Å². The van der Waals surface area contributed by atoms with Gasteiger partial charge in [0.25, 0.3) is 0 Å². The Bertz CT molecular complexity index is 340. The molecule has 0 unspecified atom stereocenters. The minimum Gasteiger partial charge on any atom is -0.481 e. The predicted octanol–water partition coefficient (Wildman–Crippen LogP) is 1.44. The molecule has 2 N–H and O–H groups in total.